The second-order valence-electron chi connectivity index (χ2n) is 8.12. The molecule has 1 unspecified atom stereocenters. The highest BCUT2D eigenvalue weighted by Crippen LogP contribution is 2.29. The predicted molar refractivity (Wildman–Crippen MR) is 113 cm³/mol. The third-order valence-electron chi connectivity index (χ3n) is 6.02. The summed E-state index contributed by atoms with van der Waals surface area (Å²) in [6, 6.07) is 3.73. The molecule has 1 fully saturated rings. The molecule has 0 aliphatic carbocycles. The van der Waals surface area contributed by atoms with E-state index in [9.17, 15) is 27.6 Å². The number of nitrogens with zero attached hydrogens (tertiary/aromatic N) is 2. The van der Waals surface area contributed by atoms with Crippen LogP contribution in [0.2, 0.25) is 0 Å². The average Bonchev–Trinajstić information content (AvgIpc) is 3.05. The summed E-state index contributed by atoms with van der Waals surface area (Å²) in [5.41, 5.74) is 1.66. The van der Waals surface area contributed by atoms with Crippen LogP contribution in [-0.2, 0) is 6.18 Å². The number of alkyl halides is 3. The van der Waals surface area contributed by atoms with Gasteiger partial charge in [0.05, 0.1) is 17.3 Å². The van der Waals surface area contributed by atoms with Crippen LogP contribution in [0.1, 0.15) is 61.9 Å². The summed E-state index contributed by atoms with van der Waals surface area (Å²) in [4.78, 5) is 44.1. The van der Waals surface area contributed by atoms with Gasteiger partial charge in [0.25, 0.3) is 5.91 Å². The van der Waals surface area contributed by atoms with E-state index in [4.69, 9.17) is 0 Å². The lowest BCUT2D eigenvalue weighted by molar-refractivity contribution is -0.137. The molecule has 1 aliphatic rings. The number of aromatic nitrogens is 1. The number of hydrogen-bond donors (Lipinski definition) is 1. The Kier molecular flexibility index (Phi) is 6.59. The van der Waals surface area contributed by atoms with Gasteiger partial charge < -0.3 is 9.88 Å². The number of aryl methyl sites for hydroxylation is 1. The predicted octanol–water partition coefficient (Wildman–Crippen LogP) is 3.88. The molecule has 0 saturated carbocycles. The third-order valence-corrected chi connectivity index (χ3v) is 6.02. The fraction of sp³-hybridized carbons (Fsp3) is 0.435. The number of nitrogens with one attached hydrogen (secondary N) is 1. The van der Waals surface area contributed by atoms with Crippen LogP contribution in [0.15, 0.2) is 24.3 Å². The van der Waals surface area contributed by atoms with Gasteiger partial charge in [-0.3, -0.25) is 19.3 Å². The maximum Gasteiger partial charge on any atom is 0.416 e. The smallest absolute Gasteiger partial charge is 0.355 e. The van der Waals surface area contributed by atoms with Crippen LogP contribution in [0.3, 0.4) is 0 Å². The van der Waals surface area contributed by atoms with Crippen molar-refractivity contribution in [2.75, 3.05) is 26.2 Å². The minimum Gasteiger partial charge on any atom is -0.355 e. The highest BCUT2D eigenvalue weighted by Gasteiger charge is 2.32. The molecule has 1 atom stereocenters. The molecule has 172 valence electrons. The second kappa shape index (κ2) is 8.90. The van der Waals surface area contributed by atoms with Gasteiger partial charge >= 0.3 is 6.18 Å². The van der Waals surface area contributed by atoms with E-state index in [1.165, 1.54) is 19.1 Å². The molecule has 3 rings (SSSR count). The van der Waals surface area contributed by atoms with E-state index >= 15 is 0 Å². The van der Waals surface area contributed by atoms with E-state index < -0.39 is 17.8 Å². The third kappa shape index (κ3) is 4.62. The zero-order chi connectivity index (χ0) is 23.8. The number of carbonyl (C=O) groups is 3. The van der Waals surface area contributed by atoms with Crippen LogP contribution < -0.4 is 0 Å². The van der Waals surface area contributed by atoms with Crippen molar-refractivity contribution < 1.29 is 27.6 Å². The Morgan fingerprint density at radius 3 is 2.03 bits per heavy atom. The summed E-state index contributed by atoms with van der Waals surface area (Å²) >= 11 is 0. The molecule has 1 aromatic heterocycles. The molecule has 1 N–H and O–H groups in total. The Bertz CT molecular complexity index is 1030. The standard InChI is InChI=1S/C23H26F3N3O3/c1-13-19(16(4)30)14(2)27-20(13)21(31)15(3)28-9-11-29(12-10-28)22(32)17-5-7-18(8-6-17)23(24,25)26/h5-8,15,27H,9-12H2,1-4H3. The zero-order valence-electron chi connectivity index (χ0n) is 18.5. The van der Waals surface area contributed by atoms with Gasteiger partial charge in [-0.1, -0.05) is 0 Å². The number of H-pyrrole nitrogens is 1. The summed E-state index contributed by atoms with van der Waals surface area (Å²) in [6.45, 7) is 8.40. The first-order valence-corrected chi connectivity index (χ1v) is 10.4. The fourth-order valence-electron chi connectivity index (χ4n) is 4.20. The molecule has 9 heteroatoms. The van der Waals surface area contributed by atoms with Gasteiger partial charge in [0.15, 0.2) is 11.6 Å². The molecule has 1 amide bonds. The van der Waals surface area contributed by atoms with Gasteiger partial charge in [0.2, 0.25) is 0 Å². The van der Waals surface area contributed by atoms with E-state index in [0.29, 0.717) is 48.7 Å². The first kappa shape index (κ1) is 23.7. The molecular weight excluding hydrogens is 423 g/mol. The SMILES string of the molecule is CC(=O)c1c(C)[nH]c(C(=O)C(C)N2CCN(C(=O)c3ccc(C(F)(F)F)cc3)CC2)c1C. The average molecular weight is 449 g/mol. The van der Waals surface area contributed by atoms with Crippen LogP contribution >= 0.6 is 0 Å². The summed E-state index contributed by atoms with van der Waals surface area (Å²) in [5.74, 6) is -0.557. The van der Waals surface area contributed by atoms with Crippen molar-refractivity contribution in [1.29, 1.82) is 0 Å². The quantitative estimate of drug-likeness (QED) is 0.703. The van der Waals surface area contributed by atoms with Gasteiger partial charge in [-0.2, -0.15) is 13.2 Å². The molecule has 0 radical (unpaired) electrons. The first-order chi connectivity index (χ1) is 14.9. The molecule has 32 heavy (non-hydrogen) atoms. The van der Waals surface area contributed by atoms with Crippen LogP contribution in [0.5, 0.6) is 0 Å². The van der Waals surface area contributed by atoms with Gasteiger partial charge in [0, 0.05) is 43.0 Å². The van der Waals surface area contributed by atoms with E-state index in [-0.39, 0.29) is 23.0 Å². The molecular formula is C23H26F3N3O3. The fourth-order valence-corrected chi connectivity index (χ4v) is 4.20. The first-order valence-electron chi connectivity index (χ1n) is 10.4. The normalized spacial score (nSPS) is 16.2. The number of ketones is 2. The van der Waals surface area contributed by atoms with Crippen molar-refractivity contribution in [3.63, 3.8) is 0 Å². The van der Waals surface area contributed by atoms with Gasteiger partial charge in [-0.25, -0.2) is 0 Å². The Hall–Kier alpha value is -2.94. The van der Waals surface area contributed by atoms with E-state index in [2.05, 4.69) is 4.98 Å². The zero-order valence-corrected chi connectivity index (χ0v) is 18.5. The largest absolute Gasteiger partial charge is 0.416 e. The van der Waals surface area contributed by atoms with Crippen molar-refractivity contribution in [3.05, 3.63) is 57.9 Å². The van der Waals surface area contributed by atoms with Crippen molar-refractivity contribution >= 4 is 17.5 Å². The maximum atomic E-state index is 13.0. The Morgan fingerprint density at radius 1 is 1.00 bits per heavy atom. The Morgan fingerprint density at radius 2 is 1.56 bits per heavy atom. The van der Waals surface area contributed by atoms with Crippen molar-refractivity contribution in [2.24, 2.45) is 0 Å². The van der Waals surface area contributed by atoms with Gasteiger partial charge in [-0.15, -0.1) is 0 Å². The van der Waals surface area contributed by atoms with Crippen LogP contribution in [0.25, 0.3) is 0 Å². The Labute approximate surface area is 184 Å². The summed E-state index contributed by atoms with van der Waals surface area (Å²) in [6.07, 6.45) is -4.45. The second-order valence-corrected chi connectivity index (χ2v) is 8.12. The highest BCUT2D eigenvalue weighted by molar-refractivity contribution is 6.05. The number of rotatable bonds is 5. The summed E-state index contributed by atoms with van der Waals surface area (Å²) < 4.78 is 38.2. The van der Waals surface area contributed by atoms with Crippen LogP contribution in [0.4, 0.5) is 13.2 Å². The highest BCUT2D eigenvalue weighted by atomic mass is 19.4. The number of piperazine rings is 1. The summed E-state index contributed by atoms with van der Waals surface area (Å²) in [7, 11) is 0. The molecule has 1 aromatic carbocycles. The molecule has 0 spiro atoms. The summed E-state index contributed by atoms with van der Waals surface area (Å²) in [5, 5.41) is 0. The molecule has 1 saturated heterocycles. The lowest BCUT2D eigenvalue weighted by Crippen LogP contribution is -2.53. The van der Waals surface area contributed by atoms with Crippen LogP contribution in [-0.4, -0.2) is 64.5 Å². The number of Topliss-reactive ketones (excluding diaryl/α,β-unsaturated/α-hetero) is 2. The molecule has 0 bridgehead atoms. The molecule has 1 aliphatic heterocycles. The lowest BCUT2D eigenvalue weighted by atomic mass is 10.0. The molecule has 6 nitrogen and oxygen atoms in total. The number of aromatic amines is 1. The maximum absolute atomic E-state index is 13.0. The minimum atomic E-state index is -4.45. The number of carbonyl (C=O) groups excluding carboxylic acids is 3. The minimum absolute atomic E-state index is 0.0988. The molecule has 2 aromatic rings. The Balaban J connectivity index is 1.64. The van der Waals surface area contributed by atoms with E-state index in [1.807, 2.05) is 4.90 Å². The van der Waals surface area contributed by atoms with Crippen LogP contribution in [0, 0.1) is 13.8 Å². The van der Waals surface area contributed by atoms with Crippen molar-refractivity contribution in [1.82, 2.24) is 14.8 Å². The topological polar surface area (TPSA) is 73.5 Å². The van der Waals surface area contributed by atoms with E-state index in [1.54, 1.807) is 25.7 Å². The van der Waals surface area contributed by atoms with Gasteiger partial charge in [0.1, 0.15) is 0 Å². The monoisotopic (exact) mass is 449 g/mol. The lowest BCUT2D eigenvalue weighted by Gasteiger charge is -2.37. The number of benzene rings is 1. The number of halogens is 3. The molecule has 2 heterocycles. The van der Waals surface area contributed by atoms with E-state index in [0.717, 1.165) is 12.1 Å². The van der Waals surface area contributed by atoms with Gasteiger partial charge in [-0.05, 0) is 57.5 Å². The van der Waals surface area contributed by atoms with Crippen molar-refractivity contribution in [3.8, 4) is 0 Å². The number of amides is 1. The number of hydrogen-bond acceptors (Lipinski definition) is 4. The van der Waals surface area contributed by atoms with Crippen molar-refractivity contribution in [2.45, 2.75) is 39.9 Å².